The molecular weight excluding hydrogens is 286 g/mol. The van der Waals surface area contributed by atoms with E-state index in [4.69, 9.17) is 4.74 Å². The van der Waals surface area contributed by atoms with Gasteiger partial charge in [0.15, 0.2) is 0 Å². The van der Waals surface area contributed by atoms with Crippen LogP contribution in [0.1, 0.15) is 46.2 Å². The first kappa shape index (κ1) is 14.3. The Balaban J connectivity index is 1.78. The number of aromatic nitrogens is 2. The molecular formula is C15H19N3O2S. The summed E-state index contributed by atoms with van der Waals surface area (Å²) >= 11 is 1.65. The molecule has 0 radical (unpaired) electrons. The number of hydrogen-bond acceptors (Lipinski definition) is 4. The molecule has 3 rings (SSSR count). The van der Waals surface area contributed by atoms with E-state index in [-0.39, 0.29) is 17.9 Å². The zero-order chi connectivity index (χ0) is 14.8. The van der Waals surface area contributed by atoms with Crippen LogP contribution in [0.15, 0.2) is 23.7 Å². The highest BCUT2D eigenvalue weighted by Gasteiger charge is 2.27. The molecule has 1 saturated heterocycles. The minimum Gasteiger partial charge on any atom is -0.381 e. The number of ether oxygens (including phenoxy) is 1. The van der Waals surface area contributed by atoms with Crippen LogP contribution >= 0.6 is 11.3 Å². The molecule has 6 heteroatoms. The van der Waals surface area contributed by atoms with Gasteiger partial charge in [-0.05, 0) is 24.8 Å². The fourth-order valence-corrected chi connectivity index (χ4v) is 3.35. The first-order chi connectivity index (χ1) is 10.1. The van der Waals surface area contributed by atoms with Crippen molar-refractivity contribution in [1.82, 2.24) is 15.1 Å². The predicted octanol–water partition coefficient (Wildman–Crippen LogP) is 2.48. The molecule has 2 unspecified atom stereocenters. The van der Waals surface area contributed by atoms with Gasteiger partial charge in [-0.2, -0.15) is 5.10 Å². The first-order valence-corrected chi connectivity index (χ1v) is 7.98. The number of nitrogens with zero attached hydrogens (tertiary/aromatic N) is 2. The summed E-state index contributed by atoms with van der Waals surface area (Å²) in [5.41, 5.74) is 1.52. The van der Waals surface area contributed by atoms with Crippen LogP contribution in [0.2, 0.25) is 0 Å². The van der Waals surface area contributed by atoms with E-state index in [1.165, 1.54) is 0 Å². The van der Waals surface area contributed by atoms with Gasteiger partial charge in [0, 0.05) is 30.6 Å². The lowest BCUT2D eigenvalue weighted by Gasteiger charge is -2.13. The number of nitrogens with one attached hydrogen (secondary N) is 1. The fourth-order valence-electron chi connectivity index (χ4n) is 2.62. The van der Waals surface area contributed by atoms with Crippen molar-refractivity contribution in [3.05, 3.63) is 39.8 Å². The van der Waals surface area contributed by atoms with Gasteiger partial charge >= 0.3 is 0 Å². The van der Waals surface area contributed by atoms with Gasteiger partial charge < -0.3 is 10.1 Å². The highest BCUT2D eigenvalue weighted by Crippen LogP contribution is 2.27. The second-order valence-corrected chi connectivity index (χ2v) is 6.35. The number of thiophene rings is 1. The van der Waals surface area contributed by atoms with Crippen molar-refractivity contribution < 1.29 is 9.53 Å². The van der Waals surface area contributed by atoms with Crippen molar-refractivity contribution in [2.24, 2.45) is 7.05 Å². The van der Waals surface area contributed by atoms with Crippen LogP contribution in [0, 0.1) is 0 Å². The molecule has 1 amide bonds. The number of amides is 1. The van der Waals surface area contributed by atoms with Crippen molar-refractivity contribution in [2.75, 3.05) is 13.2 Å². The van der Waals surface area contributed by atoms with Gasteiger partial charge in [0.1, 0.15) is 0 Å². The highest BCUT2D eigenvalue weighted by atomic mass is 32.1. The molecule has 2 aromatic heterocycles. The van der Waals surface area contributed by atoms with E-state index < -0.39 is 0 Å². The molecule has 3 heterocycles. The van der Waals surface area contributed by atoms with Gasteiger partial charge in [-0.3, -0.25) is 9.48 Å². The van der Waals surface area contributed by atoms with Crippen molar-refractivity contribution in [2.45, 2.75) is 25.3 Å². The third-order valence-electron chi connectivity index (χ3n) is 3.74. The minimum atomic E-state index is -0.0640. The lowest BCUT2D eigenvalue weighted by Crippen LogP contribution is -2.27. The molecule has 2 atom stereocenters. The third-order valence-corrected chi connectivity index (χ3v) is 4.79. The summed E-state index contributed by atoms with van der Waals surface area (Å²) < 4.78 is 7.12. The zero-order valence-electron chi connectivity index (χ0n) is 12.2. The number of carbonyl (C=O) groups is 1. The monoisotopic (exact) mass is 305 g/mol. The van der Waals surface area contributed by atoms with E-state index in [0.29, 0.717) is 12.2 Å². The Labute approximate surface area is 127 Å². The first-order valence-electron chi connectivity index (χ1n) is 7.10. The summed E-state index contributed by atoms with van der Waals surface area (Å²) in [7, 11) is 1.85. The molecule has 5 nitrogen and oxygen atoms in total. The second kappa shape index (κ2) is 5.99. The van der Waals surface area contributed by atoms with Gasteiger partial charge in [-0.25, -0.2) is 0 Å². The van der Waals surface area contributed by atoms with E-state index in [1.54, 1.807) is 22.2 Å². The van der Waals surface area contributed by atoms with Crippen LogP contribution in [-0.2, 0) is 11.8 Å². The summed E-state index contributed by atoms with van der Waals surface area (Å²) in [6.07, 6.45) is 2.72. The van der Waals surface area contributed by atoms with Gasteiger partial charge in [0.05, 0.1) is 23.9 Å². The van der Waals surface area contributed by atoms with Crippen LogP contribution in [-0.4, -0.2) is 28.9 Å². The van der Waals surface area contributed by atoms with Gasteiger partial charge in [0.2, 0.25) is 0 Å². The van der Waals surface area contributed by atoms with Crippen LogP contribution in [0.3, 0.4) is 0 Å². The number of rotatable bonds is 4. The zero-order valence-corrected chi connectivity index (χ0v) is 13.0. The molecule has 1 fully saturated rings. The van der Waals surface area contributed by atoms with Crippen molar-refractivity contribution in [3.8, 4) is 0 Å². The maximum absolute atomic E-state index is 12.5. The lowest BCUT2D eigenvalue weighted by atomic mass is 10.0. The van der Waals surface area contributed by atoms with E-state index >= 15 is 0 Å². The smallest absolute Gasteiger partial charge is 0.255 e. The normalized spacial score (nSPS) is 19.6. The van der Waals surface area contributed by atoms with Crippen molar-refractivity contribution in [1.29, 1.82) is 0 Å². The average molecular weight is 305 g/mol. The largest absolute Gasteiger partial charge is 0.381 e. The molecule has 0 spiro atoms. The Hall–Kier alpha value is -1.66. The highest BCUT2D eigenvalue weighted by molar-refractivity contribution is 7.10. The molecule has 1 aliphatic rings. The van der Waals surface area contributed by atoms with E-state index in [9.17, 15) is 4.79 Å². The molecule has 1 aliphatic heterocycles. The molecule has 2 aromatic rings. The van der Waals surface area contributed by atoms with Crippen LogP contribution in [0.25, 0.3) is 0 Å². The minimum absolute atomic E-state index is 0.00499. The molecule has 0 bridgehead atoms. The van der Waals surface area contributed by atoms with Crippen LogP contribution in [0.5, 0.6) is 0 Å². The molecule has 112 valence electrons. The van der Waals surface area contributed by atoms with Crippen molar-refractivity contribution in [3.63, 3.8) is 0 Å². The Kier molecular flexibility index (Phi) is 4.07. The summed E-state index contributed by atoms with van der Waals surface area (Å²) in [6, 6.07) is 4.03. The summed E-state index contributed by atoms with van der Waals surface area (Å²) in [4.78, 5) is 13.7. The van der Waals surface area contributed by atoms with Gasteiger partial charge in [-0.15, -0.1) is 11.3 Å². The van der Waals surface area contributed by atoms with Gasteiger partial charge in [-0.1, -0.05) is 6.07 Å². The predicted molar refractivity (Wildman–Crippen MR) is 81.6 cm³/mol. The second-order valence-electron chi connectivity index (χ2n) is 5.37. The lowest BCUT2D eigenvalue weighted by molar-refractivity contribution is 0.0939. The standard InChI is InChI=1S/C15H19N3O2S/c1-10(13-4-3-7-21-13)16-15(19)12-8-18(2)17-14(12)11-5-6-20-9-11/h3-4,7-8,10-11H,5-6,9H2,1-2H3,(H,16,19). The molecule has 0 aromatic carbocycles. The number of hydrogen-bond donors (Lipinski definition) is 1. The molecule has 0 saturated carbocycles. The molecule has 0 aliphatic carbocycles. The number of aryl methyl sites for hydroxylation is 1. The third kappa shape index (κ3) is 3.01. The van der Waals surface area contributed by atoms with Crippen LogP contribution < -0.4 is 5.32 Å². The Morgan fingerprint density at radius 3 is 3.14 bits per heavy atom. The summed E-state index contributed by atoms with van der Waals surface area (Å²) in [5, 5.41) is 9.53. The summed E-state index contributed by atoms with van der Waals surface area (Å²) in [5.74, 6) is 0.162. The quantitative estimate of drug-likeness (QED) is 0.944. The van der Waals surface area contributed by atoms with Crippen molar-refractivity contribution >= 4 is 17.2 Å². The number of carbonyl (C=O) groups excluding carboxylic acids is 1. The van der Waals surface area contributed by atoms with E-state index in [2.05, 4.69) is 10.4 Å². The Bertz CT molecular complexity index is 615. The fraction of sp³-hybridized carbons (Fsp3) is 0.467. The molecule has 1 N–H and O–H groups in total. The molecule has 21 heavy (non-hydrogen) atoms. The Morgan fingerprint density at radius 2 is 2.48 bits per heavy atom. The van der Waals surface area contributed by atoms with E-state index in [1.807, 2.05) is 31.5 Å². The topological polar surface area (TPSA) is 56.2 Å². The van der Waals surface area contributed by atoms with E-state index in [0.717, 1.165) is 23.6 Å². The maximum Gasteiger partial charge on any atom is 0.255 e. The summed E-state index contributed by atoms with van der Waals surface area (Å²) in [6.45, 7) is 3.39. The average Bonchev–Trinajstić information content (AvgIpc) is 3.19. The van der Waals surface area contributed by atoms with Gasteiger partial charge in [0.25, 0.3) is 5.91 Å². The van der Waals surface area contributed by atoms with Crippen LogP contribution in [0.4, 0.5) is 0 Å². The maximum atomic E-state index is 12.5. The Morgan fingerprint density at radius 1 is 1.62 bits per heavy atom. The SMILES string of the molecule is CC(NC(=O)c1cn(C)nc1C1CCOC1)c1cccs1.